The molecule has 23 heavy (non-hydrogen) atoms. The number of hydrogen-bond donors (Lipinski definition) is 1. The average molecular weight is 308 g/mol. The molecule has 0 radical (unpaired) electrons. The quantitative estimate of drug-likeness (QED) is 0.602. The van der Waals surface area contributed by atoms with Crippen LogP contribution in [-0.4, -0.2) is 12.2 Å². The predicted molar refractivity (Wildman–Crippen MR) is 87.8 cm³/mol. The first-order valence-electron chi connectivity index (χ1n) is 7.41. The zero-order valence-corrected chi connectivity index (χ0v) is 12.9. The van der Waals surface area contributed by atoms with Crippen LogP contribution >= 0.6 is 0 Å². The third kappa shape index (κ3) is 2.19. The van der Waals surface area contributed by atoms with Crippen LogP contribution in [0.3, 0.4) is 0 Å². The number of rotatable bonds is 3. The number of methoxy groups -OCH3 is 1. The fraction of sp³-hybridized carbons (Fsp3) is 0.158. The van der Waals surface area contributed by atoms with Gasteiger partial charge in [-0.25, -0.2) is 0 Å². The van der Waals surface area contributed by atoms with Crippen LogP contribution in [0.1, 0.15) is 23.2 Å². The van der Waals surface area contributed by atoms with Gasteiger partial charge in [0.05, 0.1) is 7.11 Å². The number of ether oxygens (including phenoxy) is 1. The Morgan fingerprint density at radius 1 is 1.00 bits per heavy atom. The molecule has 0 unspecified atom stereocenters. The molecule has 4 nitrogen and oxygen atoms in total. The highest BCUT2D eigenvalue weighted by Gasteiger charge is 2.23. The van der Waals surface area contributed by atoms with Gasteiger partial charge in [0.25, 0.3) is 0 Å². The Balaban J connectivity index is 1.88. The lowest BCUT2D eigenvalue weighted by atomic mass is 10.0. The molecule has 0 aliphatic rings. The normalized spacial score (nSPS) is 12.8. The summed E-state index contributed by atoms with van der Waals surface area (Å²) in [4.78, 5) is 0. The average Bonchev–Trinajstić information content (AvgIpc) is 3.13. The molecule has 1 atom stereocenters. The summed E-state index contributed by atoms with van der Waals surface area (Å²) in [6, 6.07) is 15.1. The van der Waals surface area contributed by atoms with Gasteiger partial charge in [-0.05, 0) is 37.3 Å². The smallest absolute Gasteiger partial charge is 0.141 e. The summed E-state index contributed by atoms with van der Waals surface area (Å²) >= 11 is 0. The molecule has 2 aromatic heterocycles. The molecule has 0 saturated carbocycles. The summed E-state index contributed by atoms with van der Waals surface area (Å²) in [6.45, 7) is 1.84. The minimum absolute atomic E-state index is 0.500. The summed E-state index contributed by atoms with van der Waals surface area (Å²) < 4.78 is 16.8. The molecule has 4 aromatic rings. The Morgan fingerprint density at radius 3 is 2.61 bits per heavy atom. The Bertz CT molecular complexity index is 960. The van der Waals surface area contributed by atoms with Crippen LogP contribution < -0.4 is 4.74 Å². The van der Waals surface area contributed by atoms with Gasteiger partial charge in [0.15, 0.2) is 0 Å². The number of benzene rings is 2. The van der Waals surface area contributed by atoms with Crippen molar-refractivity contribution in [3.05, 3.63) is 65.6 Å². The van der Waals surface area contributed by atoms with Gasteiger partial charge in [-0.15, -0.1) is 0 Å². The fourth-order valence-corrected chi connectivity index (χ4v) is 2.96. The molecular weight excluding hydrogens is 292 g/mol. The number of aliphatic hydroxyl groups is 1. The first-order valence-corrected chi connectivity index (χ1v) is 7.41. The second-order valence-electron chi connectivity index (χ2n) is 5.52. The van der Waals surface area contributed by atoms with Gasteiger partial charge in [0.1, 0.15) is 34.5 Å². The van der Waals surface area contributed by atoms with E-state index in [0.717, 1.165) is 22.1 Å². The van der Waals surface area contributed by atoms with Crippen LogP contribution in [0.5, 0.6) is 5.75 Å². The van der Waals surface area contributed by atoms with Crippen molar-refractivity contribution in [1.82, 2.24) is 0 Å². The highest BCUT2D eigenvalue weighted by atomic mass is 16.5. The molecule has 0 bridgehead atoms. The number of aliphatic hydroxyl groups excluding tert-OH is 1. The van der Waals surface area contributed by atoms with Crippen molar-refractivity contribution in [2.45, 2.75) is 13.0 Å². The largest absolute Gasteiger partial charge is 0.497 e. The standard InChI is InChI=1S/C19H16O4/c1-11-18(14-10-13(21-2)7-8-16(14)22-11)19(20)17-9-12-5-3-4-6-15(12)23-17/h3-10,19-20H,1-2H3/t19-/m1/s1. The van der Waals surface area contributed by atoms with E-state index in [-0.39, 0.29) is 0 Å². The number of para-hydroxylation sites is 1. The molecule has 0 aliphatic carbocycles. The van der Waals surface area contributed by atoms with Crippen molar-refractivity contribution >= 4 is 21.9 Å². The van der Waals surface area contributed by atoms with Crippen molar-refractivity contribution in [3.8, 4) is 5.75 Å². The molecule has 0 amide bonds. The van der Waals surface area contributed by atoms with E-state index in [1.807, 2.05) is 55.5 Å². The predicted octanol–water partition coefficient (Wildman–Crippen LogP) is 4.58. The van der Waals surface area contributed by atoms with Gasteiger partial charge in [0.2, 0.25) is 0 Å². The maximum Gasteiger partial charge on any atom is 0.141 e. The molecule has 4 heteroatoms. The second-order valence-corrected chi connectivity index (χ2v) is 5.52. The van der Waals surface area contributed by atoms with Crippen LogP contribution in [0, 0.1) is 6.92 Å². The Labute approximate surface area is 132 Å². The molecule has 0 saturated heterocycles. The maximum absolute atomic E-state index is 10.8. The van der Waals surface area contributed by atoms with E-state index in [2.05, 4.69) is 0 Å². The SMILES string of the molecule is COc1ccc2oc(C)c([C@H](O)c3cc4ccccc4o3)c2c1. The Hall–Kier alpha value is -2.72. The minimum Gasteiger partial charge on any atom is -0.497 e. The van der Waals surface area contributed by atoms with Gasteiger partial charge in [0, 0.05) is 16.3 Å². The summed E-state index contributed by atoms with van der Waals surface area (Å²) in [5.74, 6) is 1.89. The van der Waals surface area contributed by atoms with Crippen molar-refractivity contribution in [2.75, 3.05) is 7.11 Å². The molecule has 2 heterocycles. The molecular formula is C19H16O4. The summed E-state index contributed by atoms with van der Waals surface area (Å²) in [7, 11) is 1.61. The van der Waals surface area contributed by atoms with E-state index < -0.39 is 6.10 Å². The highest BCUT2D eigenvalue weighted by molar-refractivity contribution is 5.85. The van der Waals surface area contributed by atoms with E-state index >= 15 is 0 Å². The summed E-state index contributed by atoms with van der Waals surface area (Å²) in [6.07, 6.45) is -0.893. The number of aryl methyl sites for hydroxylation is 1. The zero-order chi connectivity index (χ0) is 16.0. The van der Waals surface area contributed by atoms with Crippen molar-refractivity contribution in [2.24, 2.45) is 0 Å². The van der Waals surface area contributed by atoms with Crippen LogP contribution in [0.2, 0.25) is 0 Å². The molecule has 2 aromatic carbocycles. The van der Waals surface area contributed by atoms with Crippen molar-refractivity contribution < 1.29 is 18.7 Å². The molecule has 116 valence electrons. The first-order chi connectivity index (χ1) is 11.2. The fourth-order valence-electron chi connectivity index (χ4n) is 2.96. The molecule has 1 N–H and O–H groups in total. The van der Waals surface area contributed by atoms with Crippen LogP contribution in [0.4, 0.5) is 0 Å². The van der Waals surface area contributed by atoms with Gasteiger partial charge >= 0.3 is 0 Å². The van der Waals surface area contributed by atoms with Crippen LogP contribution in [0.15, 0.2) is 57.4 Å². The van der Waals surface area contributed by atoms with E-state index in [1.54, 1.807) is 7.11 Å². The van der Waals surface area contributed by atoms with Crippen molar-refractivity contribution in [3.63, 3.8) is 0 Å². The monoisotopic (exact) mass is 308 g/mol. The van der Waals surface area contributed by atoms with E-state index in [4.69, 9.17) is 13.6 Å². The van der Waals surface area contributed by atoms with Crippen LogP contribution in [-0.2, 0) is 0 Å². The second kappa shape index (κ2) is 5.18. The number of hydrogen-bond acceptors (Lipinski definition) is 4. The number of furan rings is 2. The van der Waals surface area contributed by atoms with Gasteiger partial charge in [-0.3, -0.25) is 0 Å². The van der Waals surface area contributed by atoms with E-state index in [0.29, 0.717) is 22.7 Å². The third-order valence-electron chi connectivity index (χ3n) is 4.11. The molecule has 0 spiro atoms. The summed E-state index contributed by atoms with van der Waals surface area (Å²) in [5.41, 5.74) is 2.18. The number of fused-ring (bicyclic) bond motifs is 2. The molecule has 4 rings (SSSR count). The van der Waals surface area contributed by atoms with Crippen LogP contribution in [0.25, 0.3) is 21.9 Å². The maximum atomic E-state index is 10.8. The Morgan fingerprint density at radius 2 is 1.83 bits per heavy atom. The van der Waals surface area contributed by atoms with E-state index in [9.17, 15) is 5.11 Å². The lowest BCUT2D eigenvalue weighted by Crippen LogP contribution is -1.99. The zero-order valence-electron chi connectivity index (χ0n) is 12.9. The first kappa shape index (κ1) is 13.9. The van der Waals surface area contributed by atoms with Crippen molar-refractivity contribution in [1.29, 1.82) is 0 Å². The third-order valence-corrected chi connectivity index (χ3v) is 4.11. The Kier molecular flexibility index (Phi) is 3.13. The van der Waals surface area contributed by atoms with E-state index in [1.165, 1.54) is 0 Å². The lowest BCUT2D eigenvalue weighted by molar-refractivity contribution is 0.191. The van der Waals surface area contributed by atoms with Gasteiger partial charge < -0.3 is 18.7 Å². The molecule has 0 fully saturated rings. The molecule has 0 aliphatic heterocycles. The van der Waals surface area contributed by atoms with Gasteiger partial charge in [-0.2, -0.15) is 0 Å². The minimum atomic E-state index is -0.893. The summed E-state index contributed by atoms with van der Waals surface area (Å²) in [5, 5.41) is 12.6. The van der Waals surface area contributed by atoms with Gasteiger partial charge in [-0.1, -0.05) is 18.2 Å². The topological polar surface area (TPSA) is 55.7 Å². The highest BCUT2D eigenvalue weighted by Crippen LogP contribution is 2.37. The lowest BCUT2D eigenvalue weighted by Gasteiger charge is -2.07.